The Morgan fingerprint density at radius 3 is 2.84 bits per heavy atom. The molecule has 2 rings (SSSR count). The van der Waals surface area contributed by atoms with E-state index in [-0.39, 0.29) is 0 Å². The number of hydrogen-bond acceptors (Lipinski definition) is 5. The molecule has 6 heteroatoms. The summed E-state index contributed by atoms with van der Waals surface area (Å²) in [6, 6.07) is 1.84. The standard InChI is InChI=1S/C13H19N5O/c1-4-5-19-12-6-9(2)16-13(17-12)14-7-11-8-15-18-10(11)3/h6,8H,4-5,7H2,1-3H3,(H,15,18)(H,14,16,17). The number of aromatic amines is 1. The summed E-state index contributed by atoms with van der Waals surface area (Å²) in [4.78, 5) is 8.66. The van der Waals surface area contributed by atoms with Crippen LogP contribution in [-0.2, 0) is 6.54 Å². The number of aromatic nitrogens is 4. The zero-order valence-electron chi connectivity index (χ0n) is 11.5. The predicted molar refractivity (Wildman–Crippen MR) is 73.2 cm³/mol. The molecule has 0 aliphatic rings. The molecule has 0 saturated heterocycles. The molecule has 102 valence electrons. The maximum absolute atomic E-state index is 5.53. The van der Waals surface area contributed by atoms with Crippen LogP contribution in [0.1, 0.15) is 30.3 Å². The number of aryl methyl sites for hydroxylation is 2. The molecule has 2 heterocycles. The van der Waals surface area contributed by atoms with E-state index < -0.39 is 0 Å². The lowest BCUT2D eigenvalue weighted by molar-refractivity contribution is 0.305. The number of hydrogen-bond donors (Lipinski definition) is 2. The van der Waals surface area contributed by atoms with E-state index >= 15 is 0 Å². The molecule has 0 bridgehead atoms. The van der Waals surface area contributed by atoms with Gasteiger partial charge in [-0.3, -0.25) is 5.10 Å². The van der Waals surface area contributed by atoms with Crippen molar-refractivity contribution in [2.45, 2.75) is 33.7 Å². The first-order valence-electron chi connectivity index (χ1n) is 6.40. The molecule has 0 atom stereocenters. The predicted octanol–water partition coefficient (Wildman–Crippen LogP) is 2.22. The second-order valence-electron chi connectivity index (χ2n) is 4.39. The molecular weight excluding hydrogens is 242 g/mol. The molecule has 6 nitrogen and oxygen atoms in total. The van der Waals surface area contributed by atoms with Crippen LogP contribution < -0.4 is 10.1 Å². The van der Waals surface area contributed by atoms with E-state index in [0.29, 0.717) is 25.0 Å². The maximum Gasteiger partial charge on any atom is 0.226 e. The average Bonchev–Trinajstić information content (AvgIpc) is 2.79. The molecule has 19 heavy (non-hydrogen) atoms. The van der Waals surface area contributed by atoms with E-state index in [1.807, 2.05) is 19.9 Å². The minimum Gasteiger partial charge on any atom is -0.478 e. The van der Waals surface area contributed by atoms with E-state index in [9.17, 15) is 0 Å². The molecule has 2 aromatic heterocycles. The molecule has 0 unspecified atom stereocenters. The molecule has 0 aromatic carbocycles. The zero-order chi connectivity index (χ0) is 13.7. The highest BCUT2D eigenvalue weighted by atomic mass is 16.5. The van der Waals surface area contributed by atoms with Gasteiger partial charge in [-0.2, -0.15) is 10.1 Å². The number of H-pyrrole nitrogens is 1. The fraction of sp³-hybridized carbons (Fsp3) is 0.462. The van der Waals surface area contributed by atoms with Crippen LogP contribution in [-0.4, -0.2) is 26.8 Å². The average molecular weight is 261 g/mol. The number of rotatable bonds is 6. The summed E-state index contributed by atoms with van der Waals surface area (Å²) >= 11 is 0. The molecule has 0 spiro atoms. The molecule has 0 aliphatic carbocycles. The van der Waals surface area contributed by atoms with E-state index in [4.69, 9.17) is 4.74 Å². The van der Waals surface area contributed by atoms with Crippen LogP contribution in [0.2, 0.25) is 0 Å². The van der Waals surface area contributed by atoms with Gasteiger partial charge in [-0.15, -0.1) is 0 Å². The normalized spacial score (nSPS) is 10.5. The van der Waals surface area contributed by atoms with Crippen molar-refractivity contribution >= 4 is 5.95 Å². The zero-order valence-corrected chi connectivity index (χ0v) is 11.5. The van der Waals surface area contributed by atoms with Crippen molar-refractivity contribution in [3.63, 3.8) is 0 Å². The van der Waals surface area contributed by atoms with Crippen molar-refractivity contribution in [3.8, 4) is 5.88 Å². The molecule has 2 aromatic rings. The van der Waals surface area contributed by atoms with Gasteiger partial charge < -0.3 is 10.1 Å². The number of ether oxygens (including phenoxy) is 1. The Hall–Kier alpha value is -2.11. The van der Waals surface area contributed by atoms with Gasteiger partial charge in [0.1, 0.15) is 0 Å². The van der Waals surface area contributed by atoms with Gasteiger partial charge in [0.05, 0.1) is 12.8 Å². The van der Waals surface area contributed by atoms with Crippen LogP contribution in [0.25, 0.3) is 0 Å². The molecule has 0 aliphatic heterocycles. The van der Waals surface area contributed by atoms with Crippen molar-refractivity contribution in [3.05, 3.63) is 29.2 Å². The Bertz CT molecular complexity index is 538. The SMILES string of the molecule is CCCOc1cc(C)nc(NCc2cn[nH]c2C)n1. The summed E-state index contributed by atoms with van der Waals surface area (Å²) in [6.45, 7) is 7.27. The fourth-order valence-corrected chi connectivity index (χ4v) is 1.63. The largest absolute Gasteiger partial charge is 0.478 e. The minimum atomic E-state index is 0.576. The van der Waals surface area contributed by atoms with Gasteiger partial charge in [0, 0.05) is 29.6 Å². The van der Waals surface area contributed by atoms with Crippen LogP contribution in [0.4, 0.5) is 5.95 Å². The number of nitrogens with zero attached hydrogens (tertiary/aromatic N) is 3. The highest BCUT2D eigenvalue weighted by Crippen LogP contribution is 2.13. The van der Waals surface area contributed by atoms with Crippen molar-refractivity contribution in [1.82, 2.24) is 20.2 Å². The number of anilines is 1. The number of nitrogens with one attached hydrogen (secondary N) is 2. The lowest BCUT2D eigenvalue weighted by atomic mass is 10.3. The van der Waals surface area contributed by atoms with E-state index in [1.165, 1.54) is 0 Å². The fourth-order valence-electron chi connectivity index (χ4n) is 1.63. The summed E-state index contributed by atoms with van der Waals surface area (Å²) in [7, 11) is 0. The van der Waals surface area contributed by atoms with Crippen LogP contribution in [0.5, 0.6) is 5.88 Å². The van der Waals surface area contributed by atoms with E-state index in [1.54, 1.807) is 6.20 Å². The Kier molecular flexibility index (Phi) is 4.33. The first kappa shape index (κ1) is 13.3. The lowest BCUT2D eigenvalue weighted by Crippen LogP contribution is -2.07. The third-order valence-electron chi connectivity index (χ3n) is 2.66. The van der Waals surface area contributed by atoms with Gasteiger partial charge in [0.2, 0.25) is 11.8 Å². The molecule has 0 amide bonds. The van der Waals surface area contributed by atoms with Gasteiger partial charge in [0.25, 0.3) is 0 Å². The van der Waals surface area contributed by atoms with Gasteiger partial charge in [-0.05, 0) is 20.3 Å². The summed E-state index contributed by atoms with van der Waals surface area (Å²) in [6.07, 6.45) is 2.76. The van der Waals surface area contributed by atoms with Gasteiger partial charge >= 0.3 is 0 Å². The Balaban J connectivity index is 2.03. The molecule has 2 N–H and O–H groups in total. The minimum absolute atomic E-state index is 0.576. The van der Waals surface area contributed by atoms with Crippen LogP contribution in [0, 0.1) is 13.8 Å². The Morgan fingerprint density at radius 2 is 2.16 bits per heavy atom. The molecule has 0 radical (unpaired) electrons. The monoisotopic (exact) mass is 261 g/mol. The summed E-state index contributed by atoms with van der Waals surface area (Å²) in [5.41, 5.74) is 3.02. The van der Waals surface area contributed by atoms with Gasteiger partial charge in [-0.1, -0.05) is 6.92 Å². The molecule has 0 saturated carbocycles. The maximum atomic E-state index is 5.53. The molecular formula is C13H19N5O. The van der Waals surface area contributed by atoms with E-state index in [0.717, 1.165) is 23.4 Å². The van der Waals surface area contributed by atoms with Crippen LogP contribution in [0.3, 0.4) is 0 Å². The van der Waals surface area contributed by atoms with Crippen LogP contribution >= 0.6 is 0 Å². The first-order valence-corrected chi connectivity index (χ1v) is 6.40. The summed E-state index contributed by atoms with van der Waals surface area (Å²) < 4.78 is 5.53. The van der Waals surface area contributed by atoms with Crippen molar-refractivity contribution in [1.29, 1.82) is 0 Å². The van der Waals surface area contributed by atoms with Crippen LogP contribution in [0.15, 0.2) is 12.3 Å². The Morgan fingerprint density at radius 1 is 1.32 bits per heavy atom. The first-order chi connectivity index (χ1) is 9.19. The molecule has 0 fully saturated rings. The second-order valence-corrected chi connectivity index (χ2v) is 4.39. The highest BCUT2D eigenvalue weighted by molar-refractivity contribution is 5.32. The van der Waals surface area contributed by atoms with E-state index in [2.05, 4.69) is 32.4 Å². The topological polar surface area (TPSA) is 75.7 Å². The Labute approximate surface area is 112 Å². The highest BCUT2D eigenvalue weighted by Gasteiger charge is 2.05. The van der Waals surface area contributed by atoms with Crippen molar-refractivity contribution in [2.24, 2.45) is 0 Å². The van der Waals surface area contributed by atoms with Crippen molar-refractivity contribution in [2.75, 3.05) is 11.9 Å². The van der Waals surface area contributed by atoms with Gasteiger partial charge in [-0.25, -0.2) is 4.98 Å². The summed E-state index contributed by atoms with van der Waals surface area (Å²) in [5, 5.41) is 10.1. The second kappa shape index (κ2) is 6.17. The summed E-state index contributed by atoms with van der Waals surface area (Å²) in [5.74, 6) is 1.19. The third-order valence-corrected chi connectivity index (χ3v) is 2.66. The smallest absolute Gasteiger partial charge is 0.226 e. The van der Waals surface area contributed by atoms with Gasteiger partial charge in [0.15, 0.2) is 0 Å². The lowest BCUT2D eigenvalue weighted by Gasteiger charge is -2.08. The third kappa shape index (κ3) is 3.67. The quantitative estimate of drug-likeness (QED) is 0.833. The van der Waals surface area contributed by atoms with Crippen molar-refractivity contribution < 1.29 is 4.74 Å².